The van der Waals surface area contributed by atoms with Crippen LogP contribution in [-0.4, -0.2) is 56.4 Å². The summed E-state index contributed by atoms with van der Waals surface area (Å²) in [5.74, 6) is 1.95. The SMILES string of the molecule is Cc1cc2c(c(P(c3ccc(N(C)C)cc3)c3ccc(N(C)C)cc3)c1)Oc1c(cc(C)cc1P(c1ccc(N(C)C)cc1)c1ccc(N(C)C)cc1)S2. The van der Waals surface area contributed by atoms with E-state index in [0.717, 1.165) is 11.5 Å². The molecular formula is C46H50N4OP2S. The average Bonchev–Trinajstić information content (AvgIpc) is 3.15. The van der Waals surface area contributed by atoms with Gasteiger partial charge in [0, 0.05) is 89.7 Å². The Morgan fingerprint density at radius 1 is 0.389 bits per heavy atom. The van der Waals surface area contributed by atoms with Gasteiger partial charge in [0.2, 0.25) is 0 Å². The number of aryl methyl sites for hydroxylation is 2. The van der Waals surface area contributed by atoms with E-state index in [4.69, 9.17) is 4.74 Å². The highest BCUT2D eigenvalue weighted by Crippen LogP contribution is 2.52. The molecule has 0 spiro atoms. The van der Waals surface area contributed by atoms with E-state index in [-0.39, 0.29) is 0 Å². The number of rotatable bonds is 10. The Labute approximate surface area is 329 Å². The summed E-state index contributed by atoms with van der Waals surface area (Å²) in [7, 11) is 14.9. The summed E-state index contributed by atoms with van der Waals surface area (Å²) in [6.07, 6.45) is 0. The summed E-state index contributed by atoms with van der Waals surface area (Å²) >= 11 is 1.85. The minimum Gasteiger partial charge on any atom is -0.454 e. The minimum absolute atomic E-state index is 0.948. The molecule has 276 valence electrons. The van der Waals surface area contributed by atoms with Gasteiger partial charge in [0.25, 0.3) is 0 Å². The van der Waals surface area contributed by atoms with Gasteiger partial charge in [-0.3, -0.25) is 0 Å². The monoisotopic (exact) mass is 768 g/mol. The van der Waals surface area contributed by atoms with Crippen molar-refractivity contribution in [1.82, 2.24) is 0 Å². The molecule has 0 aliphatic carbocycles. The minimum atomic E-state index is -0.948. The molecule has 0 atom stereocenters. The average molecular weight is 769 g/mol. The van der Waals surface area contributed by atoms with Crippen LogP contribution in [0, 0.1) is 13.8 Å². The quantitative estimate of drug-likeness (QED) is 0.130. The van der Waals surface area contributed by atoms with Crippen LogP contribution in [0.25, 0.3) is 0 Å². The molecule has 6 aromatic carbocycles. The highest BCUT2D eigenvalue weighted by Gasteiger charge is 2.32. The van der Waals surface area contributed by atoms with E-state index in [1.165, 1.54) is 75.5 Å². The van der Waals surface area contributed by atoms with E-state index in [9.17, 15) is 0 Å². The topological polar surface area (TPSA) is 22.2 Å². The van der Waals surface area contributed by atoms with E-state index in [1.807, 2.05) is 11.8 Å². The molecule has 0 aromatic heterocycles. The molecular weight excluding hydrogens is 719 g/mol. The number of anilines is 4. The Bertz CT molecular complexity index is 1990. The molecule has 0 amide bonds. The predicted molar refractivity (Wildman–Crippen MR) is 241 cm³/mol. The molecule has 5 nitrogen and oxygen atoms in total. The lowest BCUT2D eigenvalue weighted by Gasteiger charge is -2.31. The molecule has 0 unspecified atom stereocenters. The highest BCUT2D eigenvalue weighted by atomic mass is 32.2. The van der Waals surface area contributed by atoms with Crippen molar-refractivity contribution in [3.05, 3.63) is 132 Å². The van der Waals surface area contributed by atoms with Gasteiger partial charge in [-0.05, 0) is 135 Å². The molecule has 0 radical (unpaired) electrons. The van der Waals surface area contributed by atoms with Crippen molar-refractivity contribution in [3.63, 3.8) is 0 Å². The van der Waals surface area contributed by atoms with Crippen LogP contribution in [0.2, 0.25) is 0 Å². The van der Waals surface area contributed by atoms with Crippen LogP contribution >= 0.6 is 27.6 Å². The standard InChI is InChI=1S/C46H50N4OP2S/c1-31-27-41(52(37-19-11-33(12-20-37)47(3)4)38-21-13-34(14-22-38)48(5)6)45-43(29-31)54-44-30-32(2)28-42(46(44)51-45)53(39-23-15-35(16-24-39)49(7)8)40-25-17-36(18-26-40)50(9)10/h11-30H,1-10H3. The smallest absolute Gasteiger partial charge is 0.149 e. The maximum Gasteiger partial charge on any atom is 0.149 e. The number of benzene rings is 6. The molecule has 54 heavy (non-hydrogen) atoms. The van der Waals surface area contributed by atoms with Crippen LogP contribution < -0.4 is 56.2 Å². The van der Waals surface area contributed by atoms with E-state index < -0.39 is 15.8 Å². The van der Waals surface area contributed by atoms with Crippen molar-refractivity contribution in [2.45, 2.75) is 23.6 Å². The second-order valence-electron chi connectivity index (χ2n) is 14.7. The van der Waals surface area contributed by atoms with Crippen molar-refractivity contribution >= 4 is 82.2 Å². The first kappa shape index (κ1) is 37.8. The number of ether oxygens (including phenoxy) is 1. The van der Waals surface area contributed by atoms with Gasteiger partial charge in [0.05, 0.1) is 9.79 Å². The zero-order valence-corrected chi connectivity index (χ0v) is 35.7. The zero-order chi connectivity index (χ0) is 38.3. The Balaban J connectivity index is 1.41. The molecule has 8 heteroatoms. The van der Waals surface area contributed by atoms with Gasteiger partial charge in [-0.1, -0.05) is 60.3 Å². The molecule has 6 aromatic rings. The molecule has 7 rings (SSSR count). The summed E-state index contributed by atoms with van der Waals surface area (Å²) < 4.78 is 7.42. The van der Waals surface area contributed by atoms with E-state index >= 15 is 0 Å². The van der Waals surface area contributed by atoms with Gasteiger partial charge < -0.3 is 24.3 Å². The Morgan fingerprint density at radius 3 is 0.889 bits per heavy atom. The van der Waals surface area contributed by atoms with E-state index in [1.54, 1.807) is 0 Å². The van der Waals surface area contributed by atoms with Crippen LogP contribution in [0.4, 0.5) is 22.7 Å². The third-order valence-corrected chi connectivity index (χ3v) is 15.7. The number of fused-ring (bicyclic) bond motifs is 2. The molecule has 0 N–H and O–H groups in total. The highest BCUT2D eigenvalue weighted by molar-refractivity contribution is 7.99. The van der Waals surface area contributed by atoms with Crippen LogP contribution in [0.3, 0.4) is 0 Å². The van der Waals surface area contributed by atoms with Gasteiger partial charge >= 0.3 is 0 Å². The molecule has 0 saturated carbocycles. The predicted octanol–water partition coefficient (Wildman–Crippen LogP) is 8.34. The summed E-state index contributed by atoms with van der Waals surface area (Å²) in [5.41, 5.74) is 7.23. The lowest BCUT2D eigenvalue weighted by atomic mass is 10.2. The second kappa shape index (κ2) is 15.7. The van der Waals surface area contributed by atoms with Gasteiger partial charge in [-0.15, -0.1) is 0 Å². The van der Waals surface area contributed by atoms with Gasteiger partial charge in [0.1, 0.15) is 11.5 Å². The van der Waals surface area contributed by atoms with Crippen molar-refractivity contribution < 1.29 is 4.74 Å². The lowest BCUT2D eigenvalue weighted by molar-refractivity contribution is 0.462. The largest absolute Gasteiger partial charge is 0.454 e. The molecule has 1 heterocycles. The Morgan fingerprint density at radius 2 is 0.648 bits per heavy atom. The zero-order valence-electron chi connectivity index (χ0n) is 33.0. The Hall–Kier alpha value is -4.47. The molecule has 0 fully saturated rings. The fraction of sp³-hybridized carbons (Fsp3) is 0.217. The van der Waals surface area contributed by atoms with Crippen LogP contribution in [-0.2, 0) is 0 Å². The molecule has 1 aliphatic rings. The fourth-order valence-electron chi connectivity index (χ4n) is 6.81. The lowest BCUT2D eigenvalue weighted by Crippen LogP contribution is -2.26. The summed E-state index contributed by atoms with van der Waals surface area (Å²) in [6.45, 7) is 4.43. The van der Waals surface area contributed by atoms with Crippen LogP contribution in [0.1, 0.15) is 11.1 Å². The van der Waals surface area contributed by atoms with Crippen LogP contribution in [0.5, 0.6) is 11.5 Å². The number of hydrogen-bond acceptors (Lipinski definition) is 6. The number of nitrogens with zero attached hydrogens (tertiary/aromatic N) is 4. The molecule has 1 aliphatic heterocycles. The summed E-state index contributed by atoms with van der Waals surface area (Å²) in [6, 6.07) is 45.7. The third-order valence-electron chi connectivity index (χ3n) is 9.76. The normalized spacial score (nSPS) is 11.9. The van der Waals surface area contributed by atoms with E-state index in [0.29, 0.717) is 0 Å². The Kier molecular flexibility index (Phi) is 11.0. The van der Waals surface area contributed by atoms with Crippen molar-refractivity contribution in [1.29, 1.82) is 0 Å². The molecule has 0 saturated heterocycles. The second-order valence-corrected chi connectivity index (χ2v) is 20.2. The van der Waals surface area contributed by atoms with Gasteiger partial charge in [0.15, 0.2) is 0 Å². The van der Waals surface area contributed by atoms with Crippen LogP contribution in [0.15, 0.2) is 131 Å². The van der Waals surface area contributed by atoms with Gasteiger partial charge in [-0.2, -0.15) is 0 Å². The van der Waals surface area contributed by atoms with E-state index in [2.05, 4.69) is 211 Å². The van der Waals surface area contributed by atoms with Crippen molar-refractivity contribution in [2.24, 2.45) is 0 Å². The number of hydrogen-bond donors (Lipinski definition) is 0. The maximum atomic E-state index is 7.42. The summed E-state index contributed by atoms with van der Waals surface area (Å²) in [4.78, 5) is 11.0. The summed E-state index contributed by atoms with van der Waals surface area (Å²) in [5, 5.41) is 7.69. The molecule has 0 bridgehead atoms. The van der Waals surface area contributed by atoms with Crippen molar-refractivity contribution in [3.8, 4) is 11.5 Å². The van der Waals surface area contributed by atoms with Crippen molar-refractivity contribution in [2.75, 3.05) is 76.0 Å². The maximum absolute atomic E-state index is 7.42. The third kappa shape index (κ3) is 7.71. The van der Waals surface area contributed by atoms with Gasteiger partial charge in [-0.25, -0.2) is 0 Å². The first-order valence-electron chi connectivity index (χ1n) is 18.2. The first-order chi connectivity index (χ1) is 25.9. The first-order valence-corrected chi connectivity index (χ1v) is 21.7. The fourth-order valence-corrected chi connectivity index (χ4v) is 13.1.